The highest BCUT2D eigenvalue weighted by Gasteiger charge is 2.48. The third-order valence-electron chi connectivity index (χ3n) is 9.19. The summed E-state index contributed by atoms with van der Waals surface area (Å²) in [6, 6.07) is 8.49. The van der Waals surface area contributed by atoms with Crippen LogP contribution in [-0.4, -0.2) is 27.8 Å². The molecule has 0 spiro atoms. The van der Waals surface area contributed by atoms with Crippen molar-refractivity contribution in [1.29, 1.82) is 0 Å². The van der Waals surface area contributed by atoms with Gasteiger partial charge in [-0.1, -0.05) is 52.6 Å². The van der Waals surface area contributed by atoms with Crippen molar-refractivity contribution < 1.29 is 14.0 Å². The van der Waals surface area contributed by atoms with E-state index in [1.54, 1.807) is 25.7 Å². The number of hydrogen-bond acceptors (Lipinski definition) is 6. The summed E-state index contributed by atoms with van der Waals surface area (Å²) < 4.78 is 18.1. The Kier molecular flexibility index (Phi) is 6.61. The van der Waals surface area contributed by atoms with Gasteiger partial charge < -0.3 is 14.0 Å². The van der Waals surface area contributed by atoms with Crippen molar-refractivity contribution in [2.75, 3.05) is 7.11 Å². The molecule has 40 heavy (non-hydrogen) atoms. The first kappa shape index (κ1) is 26.0. The second kappa shape index (κ2) is 10.2. The van der Waals surface area contributed by atoms with Gasteiger partial charge in [0.05, 0.1) is 29.4 Å². The molecule has 0 radical (unpaired) electrons. The van der Waals surface area contributed by atoms with Gasteiger partial charge in [-0.25, -0.2) is 4.98 Å². The zero-order valence-electron chi connectivity index (χ0n) is 22.5. The smallest absolute Gasteiger partial charge is 0.221 e. The second-order valence-electron chi connectivity index (χ2n) is 11.6. The van der Waals surface area contributed by atoms with Crippen molar-refractivity contribution in [3.63, 3.8) is 0 Å². The van der Waals surface area contributed by atoms with E-state index in [0.29, 0.717) is 39.7 Å². The van der Waals surface area contributed by atoms with Gasteiger partial charge in [-0.2, -0.15) is 0 Å². The highest BCUT2D eigenvalue weighted by Crippen LogP contribution is 2.55. The number of ether oxygens (including phenoxy) is 2. The molecule has 8 rings (SSSR count). The molecule has 4 aliphatic carbocycles. The SMILES string of the molecule is COc1nccc2ccc(/C=C/C34CCC(OCc5c(-c6c(Cl)cncc6Cl)noc5C5CC5)(CC3)CC4)cc12. The van der Waals surface area contributed by atoms with Crippen LogP contribution < -0.4 is 4.74 Å². The van der Waals surface area contributed by atoms with Crippen LogP contribution in [0.15, 0.2) is 53.5 Å². The Morgan fingerprint density at radius 3 is 2.48 bits per heavy atom. The first-order valence-corrected chi connectivity index (χ1v) is 14.8. The van der Waals surface area contributed by atoms with E-state index >= 15 is 0 Å². The van der Waals surface area contributed by atoms with Gasteiger partial charge in [-0.05, 0) is 79.9 Å². The van der Waals surface area contributed by atoms with E-state index in [9.17, 15) is 0 Å². The Balaban J connectivity index is 1.07. The zero-order valence-corrected chi connectivity index (χ0v) is 24.0. The average molecular weight is 577 g/mol. The van der Waals surface area contributed by atoms with Gasteiger partial charge in [-0.15, -0.1) is 0 Å². The minimum atomic E-state index is -0.112. The minimum Gasteiger partial charge on any atom is -0.481 e. The Morgan fingerprint density at radius 2 is 1.77 bits per heavy atom. The summed E-state index contributed by atoms with van der Waals surface area (Å²) in [7, 11) is 1.67. The fourth-order valence-electron chi connectivity index (χ4n) is 6.53. The van der Waals surface area contributed by atoms with E-state index in [1.807, 2.05) is 6.07 Å². The highest BCUT2D eigenvalue weighted by molar-refractivity contribution is 6.38. The Labute approximate surface area is 243 Å². The van der Waals surface area contributed by atoms with Crippen molar-refractivity contribution in [2.45, 2.75) is 69.5 Å². The van der Waals surface area contributed by atoms with E-state index in [-0.39, 0.29) is 11.0 Å². The average Bonchev–Trinajstić information content (AvgIpc) is 3.75. The molecule has 0 unspecified atom stereocenters. The van der Waals surface area contributed by atoms with Crippen LogP contribution in [0.25, 0.3) is 28.1 Å². The van der Waals surface area contributed by atoms with E-state index in [4.69, 9.17) is 37.2 Å². The third-order valence-corrected chi connectivity index (χ3v) is 9.76. The molecule has 0 amide bonds. The topological polar surface area (TPSA) is 70.3 Å². The molecule has 3 heterocycles. The van der Waals surface area contributed by atoms with Crippen LogP contribution in [0.5, 0.6) is 5.88 Å². The molecule has 4 aliphatic rings. The maximum Gasteiger partial charge on any atom is 0.221 e. The van der Waals surface area contributed by atoms with Crippen molar-refractivity contribution in [3.8, 4) is 17.1 Å². The van der Waals surface area contributed by atoms with Crippen LogP contribution >= 0.6 is 23.2 Å². The highest BCUT2D eigenvalue weighted by atomic mass is 35.5. The normalized spacial score (nSPS) is 24.3. The standard InChI is InChI=1S/C32H31Cl2N3O3/c1-38-30-23-16-20(2-3-21(23)7-15-36-30)6-8-31-9-12-32(13-10-31,14-11-31)39-19-24-28(37-40-29(24)22-4-5-22)27-25(33)17-35-18-26(27)34/h2-3,6-8,15-18,22H,4-5,9-14,19H2,1H3/b8-6+. The lowest BCUT2D eigenvalue weighted by molar-refractivity contribution is -0.133. The predicted molar refractivity (Wildman–Crippen MR) is 157 cm³/mol. The van der Waals surface area contributed by atoms with Crippen LogP contribution in [0, 0.1) is 5.41 Å². The number of aromatic nitrogens is 3. The van der Waals surface area contributed by atoms with Crippen molar-refractivity contribution in [3.05, 3.63) is 75.9 Å². The number of nitrogens with zero attached hydrogens (tertiary/aromatic N) is 3. The molecule has 0 atom stereocenters. The number of fused-ring (bicyclic) bond motifs is 4. The van der Waals surface area contributed by atoms with E-state index < -0.39 is 0 Å². The molecule has 206 valence electrons. The lowest BCUT2D eigenvalue weighted by atomic mass is 9.58. The lowest BCUT2D eigenvalue weighted by Crippen LogP contribution is -2.46. The van der Waals surface area contributed by atoms with Crippen LogP contribution in [-0.2, 0) is 11.3 Å². The van der Waals surface area contributed by atoms with Gasteiger partial charge in [0.2, 0.25) is 5.88 Å². The first-order chi connectivity index (χ1) is 19.5. The van der Waals surface area contributed by atoms with Gasteiger partial charge >= 0.3 is 0 Å². The second-order valence-corrected chi connectivity index (χ2v) is 12.4. The van der Waals surface area contributed by atoms with Gasteiger partial charge in [0.15, 0.2) is 0 Å². The number of benzene rings is 1. The molecular weight excluding hydrogens is 545 g/mol. The molecule has 4 fully saturated rings. The molecular formula is C32H31Cl2N3O3. The Bertz CT molecular complexity index is 1570. The summed E-state index contributed by atoms with van der Waals surface area (Å²) in [6.45, 7) is 0.454. The Hall–Kier alpha value is -2.93. The molecule has 0 aliphatic heterocycles. The van der Waals surface area contributed by atoms with Crippen LogP contribution in [0.4, 0.5) is 0 Å². The van der Waals surface area contributed by atoms with Gasteiger partial charge in [-0.3, -0.25) is 4.98 Å². The zero-order chi connectivity index (χ0) is 27.3. The van der Waals surface area contributed by atoms with E-state index in [0.717, 1.165) is 73.5 Å². The van der Waals surface area contributed by atoms with Gasteiger partial charge in [0.1, 0.15) is 11.5 Å². The first-order valence-electron chi connectivity index (χ1n) is 14.0. The minimum absolute atomic E-state index is 0.112. The van der Waals surface area contributed by atoms with Crippen LogP contribution in [0.1, 0.15) is 74.2 Å². The molecule has 6 nitrogen and oxygen atoms in total. The molecule has 3 aromatic heterocycles. The number of allylic oxidation sites excluding steroid dienone is 1. The number of methoxy groups -OCH3 is 1. The number of halogens is 2. The van der Waals surface area contributed by atoms with Crippen LogP contribution in [0.2, 0.25) is 10.0 Å². The summed E-state index contributed by atoms with van der Waals surface area (Å²) in [5.74, 6) is 1.98. The monoisotopic (exact) mass is 575 g/mol. The number of hydrogen-bond donors (Lipinski definition) is 0. The van der Waals surface area contributed by atoms with Gasteiger partial charge in [0, 0.05) is 41.0 Å². The summed E-state index contributed by atoms with van der Waals surface area (Å²) in [5.41, 5.74) is 3.62. The van der Waals surface area contributed by atoms with Crippen molar-refractivity contribution >= 4 is 40.1 Å². The summed E-state index contributed by atoms with van der Waals surface area (Å²) >= 11 is 13.0. The van der Waals surface area contributed by atoms with Crippen molar-refractivity contribution in [1.82, 2.24) is 15.1 Å². The number of rotatable bonds is 8. The Morgan fingerprint density at radius 1 is 1.02 bits per heavy atom. The molecule has 0 N–H and O–H groups in total. The third kappa shape index (κ3) is 4.70. The molecule has 8 heteroatoms. The largest absolute Gasteiger partial charge is 0.481 e. The van der Waals surface area contributed by atoms with E-state index in [1.165, 1.54) is 5.56 Å². The van der Waals surface area contributed by atoms with Crippen molar-refractivity contribution in [2.24, 2.45) is 5.41 Å². The fourth-order valence-corrected chi connectivity index (χ4v) is 7.08. The molecule has 4 aromatic rings. The molecule has 4 saturated carbocycles. The summed E-state index contributed by atoms with van der Waals surface area (Å²) in [5, 5.41) is 7.52. The van der Waals surface area contributed by atoms with Gasteiger partial charge in [0.25, 0.3) is 0 Å². The predicted octanol–water partition coefficient (Wildman–Crippen LogP) is 8.80. The summed E-state index contributed by atoms with van der Waals surface area (Å²) in [6.07, 6.45) is 18.4. The lowest BCUT2D eigenvalue weighted by Gasteiger charge is -2.52. The van der Waals surface area contributed by atoms with Crippen LogP contribution in [0.3, 0.4) is 0 Å². The maximum absolute atomic E-state index is 6.80. The number of pyridine rings is 2. The molecule has 0 saturated heterocycles. The fraction of sp³-hybridized carbons (Fsp3) is 0.406. The molecule has 1 aromatic carbocycles. The quantitative estimate of drug-likeness (QED) is 0.209. The van der Waals surface area contributed by atoms with E-state index in [2.05, 4.69) is 45.5 Å². The molecule has 2 bridgehead atoms. The maximum atomic E-state index is 6.80. The summed E-state index contributed by atoms with van der Waals surface area (Å²) in [4.78, 5) is 8.46.